The number of likely N-dealkylation sites (N-methyl/N-ethyl adjacent to an activating group) is 1. The molecule has 3 N–H and O–H groups in total. The van der Waals surface area contributed by atoms with Gasteiger partial charge in [-0.05, 0) is 59.5 Å². The Kier molecular flexibility index (Phi) is 7.48. The fourth-order valence-electron chi connectivity index (χ4n) is 2.28. The maximum atomic E-state index is 11.6. The number of nitrogens with one attached hydrogen (secondary N) is 1. The van der Waals surface area contributed by atoms with Crippen molar-refractivity contribution in [3.8, 4) is 0 Å². The van der Waals surface area contributed by atoms with Crippen LogP contribution in [0.15, 0.2) is 0 Å². The molecule has 20 heavy (non-hydrogen) atoms. The van der Waals surface area contributed by atoms with Crippen molar-refractivity contribution >= 4 is 5.91 Å². The van der Waals surface area contributed by atoms with Gasteiger partial charge in [0.15, 0.2) is 0 Å². The first-order valence-corrected chi connectivity index (χ1v) is 7.82. The van der Waals surface area contributed by atoms with E-state index in [1.807, 2.05) is 13.8 Å². The van der Waals surface area contributed by atoms with Crippen LogP contribution in [0.2, 0.25) is 0 Å². The molecular weight excluding hydrogens is 254 g/mol. The number of amides is 1. The van der Waals surface area contributed by atoms with Crippen LogP contribution in [0, 0.1) is 0 Å². The number of rotatable bonds is 12. The van der Waals surface area contributed by atoms with Gasteiger partial charge in [0.05, 0.1) is 12.1 Å². The number of carbonyl (C=O) groups excluding carboxylic acids is 1. The summed E-state index contributed by atoms with van der Waals surface area (Å²) >= 11 is 0. The van der Waals surface area contributed by atoms with E-state index < -0.39 is 5.54 Å². The van der Waals surface area contributed by atoms with Crippen LogP contribution in [-0.2, 0) is 9.53 Å². The number of hydrogen-bond acceptors (Lipinski definition) is 4. The average molecular weight is 285 g/mol. The van der Waals surface area contributed by atoms with Crippen molar-refractivity contribution in [3.05, 3.63) is 0 Å². The molecule has 0 aromatic heterocycles. The molecule has 0 heterocycles. The van der Waals surface area contributed by atoms with Crippen LogP contribution < -0.4 is 11.1 Å². The van der Waals surface area contributed by atoms with Crippen LogP contribution >= 0.6 is 0 Å². The lowest BCUT2D eigenvalue weighted by molar-refractivity contribution is -0.124. The lowest BCUT2D eigenvalue weighted by Crippen LogP contribution is -2.54. The summed E-state index contributed by atoms with van der Waals surface area (Å²) in [5.41, 5.74) is 5.01. The molecule has 1 amide bonds. The Balaban J connectivity index is 2.15. The molecule has 1 unspecified atom stereocenters. The number of carbonyl (C=O) groups is 1. The average Bonchev–Trinajstić information content (AvgIpc) is 3.18. The highest BCUT2D eigenvalue weighted by atomic mass is 16.5. The minimum atomic E-state index is -0.537. The summed E-state index contributed by atoms with van der Waals surface area (Å²) in [6, 6.07) is 0.501. The number of ether oxygens (including phenoxy) is 1. The van der Waals surface area contributed by atoms with Gasteiger partial charge in [-0.15, -0.1) is 0 Å². The normalized spacial score (nSPS) is 18.2. The zero-order valence-electron chi connectivity index (χ0n) is 13.3. The van der Waals surface area contributed by atoms with Crippen molar-refractivity contribution in [2.24, 2.45) is 5.73 Å². The summed E-state index contributed by atoms with van der Waals surface area (Å²) in [6.45, 7) is 7.50. The van der Waals surface area contributed by atoms with Crippen molar-refractivity contribution in [1.82, 2.24) is 10.2 Å². The molecule has 1 saturated carbocycles. The molecule has 1 rings (SSSR count). The molecule has 0 aromatic carbocycles. The minimum Gasteiger partial charge on any atom is -0.380 e. The van der Waals surface area contributed by atoms with Crippen molar-refractivity contribution < 1.29 is 9.53 Å². The van der Waals surface area contributed by atoms with E-state index in [0.29, 0.717) is 6.04 Å². The van der Waals surface area contributed by atoms with Gasteiger partial charge in [0.25, 0.3) is 0 Å². The molecule has 0 saturated heterocycles. The van der Waals surface area contributed by atoms with Gasteiger partial charge < -0.3 is 20.7 Å². The summed E-state index contributed by atoms with van der Waals surface area (Å²) in [6.07, 6.45) is 5.25. The molecule has 0 aliphatic heterocycles. The third kappa shape index (κ3) is 6.68. The largest absolute Gasteiger partial charge is 0.380 e. The van der Waals surface area contributed by atoms with Crippen molar-refractivity contribution in [1.29, 1.82) is 0 Å². The second-order valence-electron chi connectivity index (χ2n) is 6.07. The van der Waals surface area contributed by atoms with Crippen LogP contribution in [0.5, 0.6) is 0 Å². The van der Waals surface area contributed by atoms with Crippen molar-refractivity contribution in [3.63, 3.8) is 0 Å². The van der Waals surface area contributed by atoms with Gasteiger partial charge in [-0.3, -0.25) is 4.79 Å². The molecule has 0 spiro atoms. The number of primary amides is 1. The highest BCUT2D eigenvalue weighted by Gasteiger charge is 2.36. The summed E-state index contributed by atoms with van der Waals surface area (Å²) in [4.78, 5) is 13.9. The topological polar surface area (TPSA) is 67.6 Å². The van der Waals surface area contributed by atoms with E-state index in [1.54, 1.807) is 0 Å². The first-order valence-electron chi connectivity index (χ1n) is 7.82. The second-order valence-corrected chi connectivity index (χ2v) is 6.07. The first kappa shape index (κ1) is 17.4. The Hall–Kier alpha value is -0.650. The Labute approximate surface area is 123 Å². The van der Waals surface area contributed by atoms with E-state index in [1.165, 1.54) is 12.8 Å². The third-order valence-electron chi connectivity index (χ3n) is 3.93. The van der Waals surface area contributed by atoms with Gasteiger partial charge in [0.1, 0.15) is 0 Å². The number of nitrogens with two attached hydrogens (primary N) is 1. The molecule has 1 atom stereocenters. The fourth-order valence-corrected chi connectivity index (χ4v) is 2.28. The van der Waals surface area contributed by atoms with Crippen LogP contribution in [-0.4, -0.2) is 55.7 Å². The van der Waals surface area contributed by atoms with E-state index in [2.05, 4.69) is 17.3 Å². The van der Waals surface area contributed by atoms with E-state index >= 15 is 0 Å². The molecule has 118 valence electrons. The number of unbranched alkanes of at least 4 members (excludes halogenated alkanes) is 1. The zero-order valence-corrected chi connectivity index (χ0v) is 13.3. The SMILES string of the molecule is CCOCCN(C)CCCCC(C)(NC1CC1)C(N)=O. The molecule has 0 bridgehead atoms. The van der Waals surface area contributed by atoms with Gasteiger partial charge in [0, 0.05) is 19.2 Å². The van der Waals surface area contributed by atoms with Crippen LogP contribution in [0.1, 0.15) is 46.0 Å². The molecule has 1 aliphatic carbocycles. The van der Waals surface area contributed by atoms with Gasteiger partial charge in [-0.2, -0.15) is 0 Å². The monoisotopic (exact) mass is 285 g/mol. The molecule has 5 nitrogen and oxygen atoms in total. The number of nitrogens with zero attached hydrogens (tertiary/aromatic N) is 1. The summed E-state index contributed by atoms with van der Waals surface area (Å²) in [5, 5.41) is 3.39. The quantitative estimate of drug-likeness (QED) is 0.527. The van der Waals surface area contributed by atoms with Gasteiger partial charge in [0.2, 0.25) is 5.91 Å². The number of hydrogen-bond donors (Lipinski definition) is 2. The Morgan fingerprint density at radius 3 is 2.65 bits per heavy atom. The molecule has 0 radical (unpaired) electrons. The summed E-state index contributed by atoms with van der Waals surface area (Å²) in [5.74, 6) is -0.228. The maximum Gasteiger partial charge on any atom is 0.237 e. The Morgan fingerprint density at radius 1 is 1.40 bits per heavy atom. The highest BCUT2D eigenvalue weighted by molar-refractivity contribution is 5.84. The highest BCUT2D eigenvalue weighted by Crippen LogP contribution is 2.25. The standard InChI is InChI=1S/C15H31N3O2/c1-4-20-12-11-18(3)10-6-5-9-15(2,14(16)19)17-13-7-8-13/h13,17H,4-12H2,1-3H3,(H2,16,19). The predicted molar refractivity (Wildman–Crippen MR) is 81.6 cm³/mol. The second kappa shape index (κ2) is 8.60. The maximum absolute atomic E-state index is 11.6. The van der Waals surface area contributed by atoms with E-state index in [4.69, 9.17) is 10.5 Å². The summed E-state index contributed by atoms with van der Waals surface area (Å²) < 4.78 is 5.33. The van der Waals surface area contributed by atoms with E-state index in [0.717, 1.165) is 45.6 Å². The Morgan fingerprint density at radius 2 is 2.10 bits per heavy atom. The van der Waals surface area contributed by atoms with Gasteiger partial charge >= 0.3 is 0 Å². The van der Waals surface area contributed by atoms with Gasteiger partial charge in [-0.25, -0.2) is 0 Å². The van der Waals surface area contributed by atoms with Crippen LogP contribution in [0.25, 0.3) is 0 Å². The van der Waals surface area contributed by atoms with Crippen molar-refractivity contribution in [2.75, 3.05) is 33.4 Å². The lowest BCUT2D eigenvalue weighted by Gasteiger charge is -2.28. The molecule has 0 aromatic rings. The van der Waals surface area contributed by atoms with Crippen molar-refractivity contribution in [2.45, 2.75) is 57.5 Å². The minimum absolute atomic E-state index is 0.228. The fraction of sp³-hybridized carbons (Fsp3) is 0.933. The van der Waals surface area contributed by atoms with Crippen LogP contribution in [0.3, 0.4) is 0 Å². The molecule has 5 heteroatoms. The molecular formula is C15H31N3O2. The van der Waals surface area contributed by atoms with E-state index in [9.17, 15) is 4.79 Å². The van der Waals surface area contributed by atoms with Gasteiger partial charge in [-0.1, -0.05) is 0 Å². The van der Waals surface area contributed by atoms with E-state index in [-0.39, 0.29) is 5.91 Å². The first-order chi connectivity index (χ1) is 9.48. The molecule has 1 aliphatic rings. The Bertz CT molecular complexity index is 295. The zero-order chi connectivity index (χ0) is 15.0. The predicted octanol–water partition coefficient (Wildman–Crippen LogP) is 1.12. The molecule has 1 fully saturated rings. The van der Waals surface area contributed by atoms with Crippen LogP contribution in [0.4, 0.5) is 0 Å². The lowest BCUT2D eigenvalue weighted by atomic mass is 9.93. The third-order valence-corrected chi connectivity index (χ3v) is 3.93. The smallest absolute Gasteiger partial charge is 0.237 e. The summed E-state index contributed by atoms with van der Waals surface area (Å²) in [7, 11) is 2.11.